The van der Waals surface area contributed by atoms with Crippen molar-refractivity contribution < 1.29 is 17.9 Å². The third-order valence-corrected chi connectivity index (χ3v) is 5.07. The fourth-order valence-electron chi connectivity index (χ4n) is 2.58. The molecular formula is C15H23N3O4S. The lowest BCUT2D eigenvalue weighted by Crippen LogP contribution is -2.37. The molecule has 7 nitrogen and oxygen atoms in total. The van der Waals surface area contributed by atoms with Gasteiger partial charge >= 0.3 is 0 Å². The highest BCUT2D eigenvalue weighted by Crippen LogP contribution is 2.22. The first-order chi connectivity index (χ1) is 10.9. The van der Waals surface area contributed by atoms with Gasteiger partial charge in [0.1, 0.15) is 5.75 Å². The highest BCUT2D eigenvalue weighted by Gasteiger charge is 2.22. The Morgan fingerprint density at radius 2 is 1.96 bits per heavy atom. The third kappa shape index (κ3) is 5.19. The number of nitrogens with one attached hydrogen (secondary N) is 1. The number of hydrogen-bond donors (Lipinski definition) is 1. The van der Waals surface area contributed by atoms with E-state index in [4.69, 9.17) is 4.74 Å². The highest BCUT2D eigenvalue weighted by atomic mass is 32.2. The van der Waals surface area contributed by atoms with Crippen LogP contribution in [0.3, 0.4) is 0 Å². The number of benzene rings is 1. The molecule has 1 N–H and O–H groups in total. The van der Waals surface area contributed by atoms with Crippen LogP contribution in [0.15, 0.2) is 24.3 Å². The standard InChI is InChI=1S/C15H23N3O4S/c1-22-14-7-4-3-6-13(14)16-15(19)12-17-8-5-9-18(11-10-17)23(2,20)21/h3-4,6-7H,5,8-12H2,1-2H3,(H,16,19). The number of amides is 1. The molecule has 0 atom stereocenters. The lowest BCUT2D eigenvalue weighted by Gasteiger charge is -2.20. The number of methoxy groups -OCH3 is 1. The van der Waals surface area contributed by atoms with Crippen LogP contribution in [0.5, 0.6) is 5.75 Å². The second-order valence-electron chi connectivity index (χ2n) is 5.54. The topological polar surface area (TPSA) is 79.0 Å². The largest absolute Gasteiger partial charge is 0.495 e. The summed E-state index contributed by atoms with van der Waals surface area (Å²) in [5, 5.41) is 2.83. The van der Waals surface area contributed by atoms with Gasteiger partial charge in [-0.25, -0.2) is 12.7 Å². The summed E-state index contributed by atoms with van der Waals surface area (Å²) < 4.78 is 29.9. The number of nitrogens with zero attached hydrogens (tertiary/aromatic N) is 2. The average molecular weight is 341 g/mol. The van der Waals surface area contributed by atoms with E-state index < -0.39 is 10.0 Å². The fourth-order valence-corrected chi connectivity index (χ4v) is 3.45. The number of anilines is 1. The minimum Gasteiger partial charge on any atom is -0.495 e. The van der Waals surface area contributed by atoms with E-state index in [1.54, 1.807) is 19.2 Å². The number of hydrogen-bond acceptors (Lipinski definition) is 5. The molecule has 0 spiro atoms. The predicted octanol–water partition coefficient (Wildman–Crippen LogP) is 0.601. The average Bonchev–Trinajstić information content (AvgIpc) is 2.73. The smallest absolute Gasteiger partial charge is 0.238 e. The molecular weight excluding hydrogens is 318 g/mol. The number of para-hydroxylation sites is 2. The van der Waals surface area contributed by atoms with Crippen LogP contribution >= 0.6 is 0 Å². The van der Waals surface area contributed by atoms with Gasteiger partial charge in [0, 0.05) is 19.6 Å². The summed E-state index contributed by atoms with van der Waals surface area (Å²) in [5.74, 6) is 0.474. The molecule has 1 fully saturated rings. The van der Waals surface area contributed by atoms with Gasteiger partial charge in [-0.05, 0) is 25.1 Å². The summed E-state index contributed by atoms with van der Waals surface area (Å²) in [6.07, 6.45) is 1.94. The fraction of sp³-hybridized carbons (Fsp3) is 0.533. The molecule has 0 radical (unpaired) electrons. The zero-order valence-corrected chi connectivity index (χ0v) is 14.3. The Morgan fingerprint density at radius 3 is 2.65 bits per heavy atom. The van der Waals surface area contributed by atoms with E-state index in [-0.39, 0.29) is 12.5 Å². The molecule has 2 rings (SSSR count). The van der Waals surface area contributed by atoms with Crippen LogP contribution < -0.4 is 10.1 Å². The van der Waals surface area contributed by atoms with Gasteiger partial charge in [0.2, 0.25) is 15.9 Å². The van der Waals surface area contributed by atoms with Gasteiger partial charge in [-0.1, -0.05) is 12.1 Å². The zero-order valence-electron chi connectivity index (χ0n) is 13.5. The summed E-state index contributed by atoms with van der Waals surface area (Å²) in [5.41, 5.74) is 0.632. The minimum absolute atomic E-state index is 0.137. The SMILES string of the molecule is COc1ccccc1NC(=O)CN1CCCN(S(C)(=O)=O)CC1. The summed E-state index contributed by atoms with van der Waals surface area (Å²) in [7, 11) is -1.61. The number of sulfonamides is 1. The lowest BCUT2D eigenvalue weighted by atomic mass is 10.3. The van der Waals surface area contributed by atoms with E-state index in [1.165, 1.54) is 10.6 Å². The Morgan fingerprint density at radius 1 is 1.22 bits per heavy atom. The van der Waals surface area contributed by atoms with Gasteiger partial charge in [0.05, 0.1) is 25.6 Å². The molecule has 0 aromatic heterocycles. The number of rotatable bonds is 5. The van der Waals surface area contributed by atoms with Crippen LogP contribution in [-0.4, -0.2) is 69.6 Å². The van der Waals surface area contributed by atoms with Crippen LogP contribution in [0.1, 0.15) is 6.42 Å². The molecule has 1 saturated heterocycles. The summed E-state index contributed by atoms with van der Waals surface area (Å²) in [6, 6.07) is 7.23. The second kappa shape index (κ2) is 7.76. The minimum atomic E-state index is -3.17. The van der Waals surface area contributed by atoms with Crippen LogP contribution in [0.2, 0.25) is 0 Å². The second-order valence-corrected chi connectivity index (χ2v) is 7.52. The molecule has 1 heterocycles. The monoisotopic (exact) mass is 341 g/mol. The lowest BCUT2D eigenvalue weighted by molar-refractivity contribution is -0.117. The third-order valence-electron chi connectivity index (χ3n) is 3.76. The molecule has 0 unspecified atom stereocenters. The molecule has 1 aliphatic rings. The van der Waals surface area contributed by atoms with Crippen LogP contribution in [0, 0.1) is 0 Å². The molecule has 8 heteroatoms. The van der Waals surface area contributed by atoms with Gasteiger partial charge in [0.15, 0.2) is 0 Å². The first-order valence-corrected chi connectivity index (χ1v) is 9.35. The van der Waals surface area contributed by atoms with Crippen molar-refractivity contribution in [3.8, 4) is 5.75 Å². The summed E-state index contributed by atoms with van der Waals surface area (Å²) in [6.45, 7) is 2.40. The van der Waals surface area contributed by atoms with Crippen molar-refractivity contribution in [2.45, 2.75) is 6.42 Å². The normalized spacial score (nSPS) is 17.5. The Hall–Kier alpha value is -1.64. The maximum absolute atomic E-state index is 12.2. The molecule has 128 valence electrons. The molecule has 1 aliphatic heterocycles. The van der Waals surface area contributed by atoms with Gasteiger partial charge in [0.25, 0.3) is 0 Å². The maximum Gasteiger partial charge on any atom is 0.238 e. The Kier molecular flexibility index (Phi) is 5.97. The van der Waals surface area contributed by atoms with Crippen molar-refractivity contribution >= 4 is 21.6 Å². The van der Waals surface area contributed by atoms with E-state index in [0.717, 1.165) is 6.42 Å². The first kappa shape index (κ1) is 17.7. The van der Waals surface area contributed by atoms with E-state index >= 15 is 0 Å². The highest BCUT2D eigenvalue weighted by molar-refractivity contribution is 7.88. The van der Waals surface area contributed by atoms with Gasteiger partial charge in [-0.15, -0.1) is 0 Å². The Bertz CT molecular complexity index is 648. The van der Waals surface area contributed by atoms with Crippen molar-refractivity contribution in [3.63, 3.8) is 0 Å². The van der Waals surface area contributed by atoms with E-state index in [9.17, 15) is 13.2 Å². The quantitative estimate of drug-likeness (QED) is 0.848. The molecule has 0 aliphatic carbocycles. The van der Waals surface area contributed by atoms with Gasteiger partial charge in [-0.3, -0.25) is 9.69 Å². The van der Waals surface area contributed by atoms with Crippen molar-refractivity contribution in [3.05, 3.63) is 24.3 Å². The summed E-state index contributed by atoms with van der Waals surface area (Å²) in [4.78, 5) is 14.2. The molecule has 0 saturated carbocycles. The van der Waals surface area contributed by atoms with Gasteiger partial charge < -0.3 is 10.1 Å². The zero-order chi connectivity index (χ0) is 16.9. The number of carbonyl (C=O) groups is 1. The van der Waals surface area contributed by atoms with Crippen LogP contribution in [0.25, 0.3) is 0 Å². The molecule has 1 amide bonds. The maximum atomic E-state index is 12.2. The van der Waals surface area contributed by atoms with Crippen molar-refractivity contribution in [1.29, 1.82) is 0 Å². The van der Waals surface area contributed by atoms with Crippen LogP contribution in [0.4, 0.5) is 5.69 Å². The van der Waals surface area contributed by atoms with E-state index in [1.807, 2.05) is 17.0 Å². The van der Waals surface area contributed by atoms with E-state index in [0.29, 0.717) is 37.6 Å². The van der Waals surface area contributed by atoms with Crippen molar-refractivity contribution in [2.24, 2.45) is 0 Å². The molecule has 0 bridgehead atoms. The summed E-state index contributed by atoms with van der Waals surface area (Å²) >= 11 is 0. The van der Waals surface area contributed by atoms with Crippen LogP contribution in [-0.2, 0) is 14.8 Å². The predicted molar refractivity (Wildman–Crippen MR) is 89.1 cm³/mol. The number of carbonyl (C=O) groups excluding carboxylic acids is 1. The molecule has 1 aromatic carbocycles. The van der Waals surface area contributed by atoms with Gasteiger partial charge in [-0.2, -0.15) is 0 Å². The molecule has 1 aromatic rings. The molecule has 23 heavy (non-hydrogen) atoms. The Balaban J connectivity index is 1.90. The van der Waals surface area contributed by atoms with Crippen molar-refractivity contribution in [2.75, 3.05) is 51.4 Å². The Labute approximate surface area is 137 Å². The first-order valence-electron chi connectivity index (χ1n) is 7.50. The number of ether oxygens (including phenoxy) is 1. The van der Waals surface area contributed by atoms with E-state index in [2.05, 4.69) is 5.32 Å². The van der Waals surface area contributed by atoms with Crippen molar-refractivity contribution in [1.82, 2.24) is 9.21 Å².